The van der Waals surface area contributed by atoms with Gasteiger partial charge < -0.3 is 9.88 Å². The molecule has 0 radical (unpaired) electrons. The molecular formula is C16H20N2O. The van der Waals surface area contributed by atoms with Crippen molar-refractivity contribution in [3.05, 3.63) is 35.5 Å². The molecule has 1 saturated heterocycles. The first-order valence-electron chi connectivity index (χ1n) is 6.93. The second-order valence-electron chi connectivity index (χ2n) is 5.61. The van der Waals surface area contributed by atoms with Crippen LogP contribution in [0.2, 0.25) is 0 Å². The lowest BCUT2D eigenvalue weighted by Gasteiger charge is -2.21. The van der Waals surface area contributed by atoms with E-state index < -0.39 is 0 Å². The van der Waals surface area contributed by atoms with Crippen LogP contribution < -0.4 is 5.32 Å². The summed E-state index contributed by atoms with van der Waals surface area (Å²) < 4.78 is 2.16. The lowest BCUT2D eigenvalue weighted by atomic mass is 9.91. The summed E-state index contributed by atoms with van der Waals surface area (Å²) in [6.07, 6.45) is 3.70. The van der Waals surface area contributed by atoms with E-state index in [1.807, 2.05) is 0 Å². The summed E-state index contributed by atoms with van der Waals surface area (Å²) in [5.41, 5.74) is 3.81. The number of rotatable bonds is 2. The number of nitrogens with zero attached hydrogens (tertiary/aromatic N) is 1. The molecule has 100 valence electrons. The molecule has 0 spiro atoms. The van der Waals surface area contributed by atoms with Gasteiger partial charge >= 0.3 is 0 Å². The SMILES string of the molecule is Cc1ccc2c(c1)c(CC1CNCCC1=O)cn2C. The molecule has 1 fully saturated rings. The number of nitrogens with one attached hydrogen (secondary N) is 1. The van der Waals surface area contributed by atoms with Crippen molar-refractivity contribution in [1.29, 1.82) is 0 Å². The summed E-state index contributed by atoms with van der Waals surface area (Å²) in [4.78, 5) is 12.0. The summed E-state index contributed by atoms with van der Waals surface area (Å²) >= 11 is 0. The summed E-state index contributed by atoms with van der Waals surface area (Å²) in [7, 11) is 2.07. The van der Waals surface area contributed by atoms with Crippen molar-refractivity contribution in [2.45, 2.75) is 19.8 Å². The van der Waals surface area contributed by atoms with Gasteiger partial charge in [-0.05, 0) is 31.0 Å². The first kappa shape index (κ1) is 12.4. The van der Waals surface area contributed by atoms with E-state index in [0.29, 0.717) is 12.2 Å². The Kier molecular flexibility index (Phi) is 3.15. The van der Waals surface area contributed by atoms with E-state index in [1.165, 1.54) is 22.0 Å². The number of carbonyl (C=O) groups is 1. The van der Waals surface area contributed by atoms with Crippen molar-refractivity contribution in [3.63, 3.8) is 0 Å². The molecule has 1 aliphatic rings. The number of hydrogen-bond acceptors (Lipinski definition) is 2. The van der Waals surface area contributed by atoms with Crippen LogP contribution in [0.3, 0.4) is 0 Å². The molecule has 1 unspecified atom stereocenters. The van der Waals surface area contributed by atoms with Gasteiger partial charge in [0.15, 0.2) is 0 Å². The van der Waals surface area contributed by atoms with Gasteiger partial charge in [0, 0.05) is 49.6 Å². The molecule has 19 heavy (non-hydrogen) atoms. The van der Waals surface area contributed by atoms with Gasteiger partial charge in [-0.15, -0.1) is 0 Å². The summed E-state index contributed by atoms with van der Waals surface area (Å²) in [5, 5.41) is 4.62. The predicted octanol–water partition coefficient (Wildman–Crippen LogP) is 2.21. The fourth-order valence-electron chi connectivity index (χ4n) is 3.01. The Labute approximate surface area is 113 Å². The number of aryl methyl sites for hydroxylation is 2. The molecular weight excluding hydrogens is 236 g/mol. The third-order valence-electron chi connectivity index (χ3n) is 4.09. The van der Waals surface area contributed by atoms with Gasteiger partial charge in [0.1, 0.15) is 5.78 Å². The van der Waals surface area contributed by atoms with Crippen molar-refractivity contribution in [1.82, 2.24) is 9.88 Å². The van der Waals surface area contributed by atoms with Gasteiger partial charge in [-0.25, -0.2) is 0 Å². The lowest BCUT2D eigenvalue weighted by molar-refractivity contribution is -0.123. The van der Waals surface area contributed by atoms with Crippen LogP contribution >= 0.6 is 0 Å². The highest BCUT2D eigenvalue weighted by Crippen LogP contribution is 2.25. The Hall–Kier alpha value is -1.61. The van der Waals surface area contributed by atoms with Crippen LogP contribution in [0.15, 0.2) is 24.4 Å². The quantitative estimate of drug-likeness (QED) is 0.894. The van der Waals surface area contributed by atoms with Crippen LogP contribution in [0.1, 0.15) is 17.5 Å². The van der Waals surface area contributed by atoms with Crippen LogP contribution in [0.5, 0.6) is 0 Å². The number of aromatic nitrogens is 1. The van der Waals surface area contributed by atoms with Crippen molar-refractivity contribution in [2.24, 2.45) is 13.0 Å². The molecule has 0 amide bonds. The zero-order chi connectivity index (χ0) is 13.4. The Balaban J connectivity index is 1.96. The molecule has 1 N–H and O–H groups in total. The number of ketones is 1. The van der Waals surface area contributed by atoms with Crippen molar-refractivity contribution in [3.8, 4) is 0 Å². The molecule has 3 rings (SSSR count). The lowest BCUT2D eigenvalue weighted by Crippen LogP contribution is -2.37. The molecule has 1 aliphatic heterocycles. The van der Waals surface area contributed by atoms with Crippen LogP contribution in [0, 0.1) is 12.8 Å². The molecule has 1 aromatic heterocycles. The predicted molar refractivity (Wildman–Crippen MR) is 77.3 cm³/mol. The third kappa shape index (κ3) is 2.30. The van der Waals surface area contributed by atoms with E-state index in [0.717, 1.165) is 19.5 Å². The Bertz CT molecular complexity index is 627. The molecule has 3 nitrogen and oxygen atoms in total. The minimum atomic E-state index is 0.139. The third-order valence-corrected chi connectivity index (χ3v) is 4.09. The average molecular weight is 256 g/mol. The normalized spacial score (nSPS) is 20.1. The fourth-order valence-corrected chi connectivity index (χ4v) is 3.01. The molecule has 1 atom stereocenters. The number of fused-ring (bicyclic) bond motifs is 1. The molecule has 0 aliphatic carbocycles. The first-order valence-corrected chi connectivity index (χ1v) is 6.93. The molecule has 2 heterocycles. The monoisotopic (exact) mass is 256 g/mol. The smallest absolute Gasteiger partial charge is 0.138 e. The van der Waals surface area contributed by atoms with Gasteiger partial charge in [0.2, 0.25) is 0 Å². The topological polar surface area (TPSA) is 34.0 Å². The number of hydrogen-bond donors (Lipinski definition) is 1. The maximum absolute atomic E-state index is 12.0. The van der Waals surface area contributed by atoms with Crippen LogP contribution in [-0.4, -0.2) is 23.4 Å². The Morgan fingerprint density at radius 1 is 1.42 bits per heavy atom. The van der Waals surface area contributed by atoms with Crippen molar-refractivity contribution >= 4 is 16.7 Å². The van der Waals surface area contributed by atoms with E-state index in [9.17, 15) is 4.79 Å². The van der Waals surface area contributed by atoms with Gasteiger partial charge in [-0.3, -0.25) is 4.79 Å². The first-order chi connectivity index (χ1) is 9.15. The largest absolute Gasteiger partial charge is 0.350 e. The maximum atomic E-state index is 12.0. The Morgan fingerprint density at radius 2 is 2.26 bits per heavy atom. The van der Waals surface area contributed by atoms with Crippen LogP contribution in [-0.2, 0) is 18.3 Å². The van der Waals surface area contributed by atoms with E-state index in [-0.39, 0.29) is 5.92 Å². The summed E-state index contributed by atoms with van der Waals surface area (Å²) in [5.74, 6) is 0.545. The van der Waals surface area contributed by atoms with Crippen molar-refractivity contribution < 1.29 is 4.79 Å². The van der Waals surface area contributed by atoms with Gasteiger partial charge in [-0.2, -0.15) is 0 Å². The average Bonchev–Trinajstić information content (AvgIpc) is 2.69. The van der Waals surface area contributed by atoms with Crippen molar-refractivity contribution in [2.75, 3.05) is 13.1 Å². The zero-order valence-corrected chi connectivity index (χ0v) is 11.6. The minimum Gasteiger partial charge on any atom is -0.350 e. The van der Waals surface area contributed by atoms with Crippen LogP contribution in [0.25, 0.3) is 10.9 Å². The molecule has 3 heteroatoms. The molecule has 0 bridgehead atoms. The van der Waals surface area contributed by atoms with Gasteiger partial charge in [-0.1, -0.05) is 11.6 Å². The minimum absolute atomic E-state index is 0.139. The number of carbonyl (C=O) groups excluding carboxylic acids is 1. The summed E-state index contributed by atoms with van der Waals surface area (Å²) in [6.45, 7) is 3.77. The van der Waals surface area contributed by atoms with E-state index in [1.54, 1.807) is 0 Å². The van der Waals surface area contributed by atoms with E-state index >= 15 is 0 Å². The number of piperidine rings is 1. The maximum Gasteiger partial charge on any atom is 0.138 e. The van der Waals surface area contributed by atoms with E-state index in [4.69, 9.17) is 0 Å². The highest BCUT2D eigenvalue weighted by molar-refractivity contribution is 5.87. The fraction of sp³-hybridized carbons (Fsp3) is 0.438. The summed E-state index contributed by atoms with van der Waals surface area (Å²) in [6, 6.07) is 6.53. The number of benzene rings is 1. The molecule has 1 aromatic carbocycles. The van der Waals surface area contributed by atoms with E-state index in [2.05, 4.69) is 48.3 Å². The highest BCUT2D eigenvalue weighted by atomic mass is 16.1. The highest BCUT2D eigenvalue weighted by Gasteiger charge is 2.23. The zero-order valence-electron chi connectivity index (χ0n) is 11.6. The molecule has 0 saturated carbocycles. The standard InChI is InChI=1S/C16H20N2O/c1-11-3-4-15-14(7-11)13(10-18(15)2)8-12-9-17-6-5-16(12)19/h3-4,7,10,12,17H,5-6,8-9H2,1-2H3. The van der Waals surface area contributed by atoms with Crippen LogP contribution in [0.4, 0.5) is 0 Å². The number of Topliss-reactive ketones (excluding diaryl/α,β-unsaturated/α-hetero) is 1. The molecule has 2 aromatic rings. The Morgan fingerprint density at radius 3 is 3.05 bits per heavy atom. The second kappa shape index (κ2) is 4.82. The van der Waals surface area contributed by atoms with Gasteiger partial charge in [0.25, 0.3) is 0 Å². The van der Waals surface area contributed by atoms with Gasteiger partial charge in [0.05, 0.1) is 0 Å². The second-order valence-corrected chi connectivity index (χ2v) is 5.61.